The Kier molecular flexibility index (Phi) is 32.1. The van der Waals surface area contributed by atoms with Crippen molar-refractivity contribution in [3.05, 3.63) is 25.6 Å². The van der Waals surface area contributed by atoms with Crippen molar-refractivity contribution in [3.63, 3.8) is 0 Å². The molecule has 50 valence electrons. The van der Waals surface area contributed by atoms with Gasteiger partial charge in [0.2, 0.25) is 0 Å². The quantitative estimate of drug-likeness (QED) is 0.349. The van der Waals surface area contributed by atoms with E-state index in [1.165, 1.54) is 0 Å². The summed E-state index contributed by atoms with van der Waals surface area (Å²) in [4.78, 5) is 0. The number of rotatable bonds is 0. The summed E-state index contributed by atoms with van der Waals surface area (Å²) in [5.74, 6) is 0. The van der Waals surface area contributed by atoms with E-state index in [9.17, 15) is 13.2 Å². The molecule has 0 aromatic rings. The van der Waals surface area contributed by atoms with Crippen molar-refractivity contribution in [2.24, 2.45) is 0 Å². The highest BCUT2D eigenvalue weighted by molar-refractivity contribution is 4.66. The number of halogens is 4. The molecule has 0 N–H and O–H groups in total. The first-order valence-corrected chi connectivity index (χ1v) is 1.38. The topological polar surface area (TPSA) is 0 Å². The van der Waals surface area contributed by atoms with Crippen LogP contribution >= 0.6 is 0 Å². The zero-order valence-electron chi connectivity index (χ0n) is 4.03. The van der Waals surface area contributed by atoms with E-state index in [1.807, 2.05) is 0 Å². The van der Waals surface area contributed by atoms with Crippen LogP contribution in [0.5, 0.6) is 0 Å². The molecule has 0 heterocycles. The van der Waals surface area contributed by atoms with Gasteiger partial charge < -0.3 is 0 Å². The van der Waals surface area contributed by atoms with Crippen molar-refractivity contribution in [1.82, 2.24) is 0 Å². The summed E-state index contributed by atoms with van der Waals surface area (Å²) in [5.41, 5.74) is 0. The lowest BCUT2D eigenvalue weighted by Gasteiger charge is -1.59. The number of hydrogen-bond acceptors (Lipinski definition) is 0. The molecule has 0 bridgehead atoms. The summed E-state index contributed by atoms with van der Waals surface area (Å²) in [5, 5.41) is 0. The second-order valence-corrected chi connectivity index (χ2v) is 0.399. The fraction of sp³-hybridized carbons (Fsp3) is 0. The molecular formula is C4H6F4. The van der Waals surface area contributed by atoms with E-state index in [0.29, 0.717) is 0 Å². The SMILES string of the molecule is C=C.F.FC=C(F)F. The van der Waals surface area contributed by atoms with Crippen molar-refractivity contribution in [2.45, 2.75) is 0 Å². The normalized spacial score (nSPS) is 4.88. The van der Waals surface area contributed by atoms with E-state index in [1.54, 1.807) is 0 Å². The van der Waals surface area contributed by atoms with Gasteiger partial charge in [-0.1, -0.05) is 0 Å². The average Bonchev–Trinajstić information content (AvgIpc) is 1.73. The Balaban J connectivity index is -0.0000000750. The van der Waals surface area contributed by atoms with Crippen LogP contribution in [0.4, 0.5) is 17.9 Å². The van der Waals surface area contributed by atoms with Gasteiger partial charge in [-0.25, -0.2) is 4.39 Å². The molecule has 0 saturated heterocycles. The van der Waals surface area contributed by atoms with E-state index < -0.39 is 12.4 Å². The summed E-state index contributed by atoms with van der Waals surface area (Å²) in [6.45, 7) is 6.00. The molecule has 0 aliphatic carbocycles. The van der Waals surface area contributed by atoms with Crippen LogP contribution < -0.4 is 0 Å². The van der Waals surface area contributed by atoms with E-state index in [4.69, 9.17) is 0 Å². The van der Waals surface area contributed by atoms with E-state index in [-0.39, 0.29) is 4.70 Å². The predicted molar refractivity (Wildman–Crippen MR) is 25.2 cm³/mol. The Morgan fingerprint density at radius 2 is 1.38 bits per heavy atom. The van der Waals surface area contributed by atoms with Crippen LogP contribution in [0.25, 0.3) is 0 Å². The highest BCUT2D eigenvalue weighted by Gasteiger charge is 1.78. The van der Waals surface area contributed by atoms with Gasteiger partial charge in [-0.2, -0.15) is 8.78 Å². The van der Waals surface area contributed by atoms with Gasteiger partial charge in [-0.05, 0) is 0 Å². The highest BCUT2D eigenvalue weighted by Crippen LogP contribution is 1.93. The molecule has 0 amide bonds. The predicted octanol–water partition coefficient (Wildman–Crippen LogP) is 2.65. The smallest absolute Gasteiger partial charge is 0.269 e. The van der Waals surface area contributed by atoms with E-state index in [2.05, 4.69) is 13.2 Å². The molecule has 0 aliphatic heterocycles. The maximum Gasteiger partial charge on any atom is 0.298 e. The zero-order valence-corrected chi connectivity index (χ0v) is 4.03. The van der Waals surface area contributed by atoms with Gasteiger partial charge in [0, 0.05) is 0 Å². The lowest BCUT2D eigenvalue weighted by Crippen LogP contribution is -1.42. The first kappa shape index (κ1) is 15.7. The molecule has 0 aromatic carbocycles. The van der Waals surface area contributed by atoms with E-state index >= 15 is 0 Å². The third kappa shape index (κ3) is 63.7. The van der Waals surface area contributed by atoms with Crippen molar-refractivity contribution in [3.8, 4) is 0 Å². The fourth-order valence-electron chi connectivity index (χ4n) is 0. The van der Waals surface area contributed by atoms with Crippen molar-refractivity contribution < 1.29 is 17.9 Å². The Labute approximate surface area is 44.7 Å². The van der Waals surface area contributed by atoms with Gasteiger partial charge in [-0.3, -0.25) is 4.70 Å². The van der Waals surface area contributed by atoms with Crippen LogP contribution in [0.2, 0.25) is 0 Å². The molecule has 0 saturated carbocycles. The lowest BCUT2D eigenvalue weighted by atomic mass is 11.1. The molecule has 0 rings (SSSR count). The molecule has 0 aromatic heterocycles. The third-order valence-corrected chi connectivity index (χ3v) is 0.0825. The van der Waals surface area contributed by atoms with Crippen LogP contribution in [0.3, 0.4) is 0 Å². The van der Waals surface area contributed by atoms with Crippen LogP contribution in [0, 0.1) is 0 Å². The first-order chi connectivity index (χ1) is 3.27. The Hall–Kier alpha value is -0.800. The summed E-state index contributed by atoms with van der Waals surface area (Å²) in [7, 11) is 0. The molecule has 0 atom stereocenters. The largest absolute Gasteiger partial charge is 0.298 e. The summed E-state index contributed by atoms with van der Waals surface area (Å²) in [6, 6.07) is 0. The summed E-state index contributed by atoms with van der Waals surface area (Å²) < 4.78 is 30.7. The molecular weight excluding hydrogens is 124 g/mol. The summed E-state index contributed by atoms with van der Waals surface area (Å²) >= 11 is 0. The van der Waals surface area contributed by atoms with Gasteiger partial charge in [-0.15, -0.1) is 13.2 Å². The standard InChI is InChI=1S/C2HF3.C2H4.FH/c3-1-2(4)5;1-2;/h1H;1-2H2;1H. The molecule has 0 nitrogen and oxygen atoms in total. The minimum Gasteiger partial charge on any atom is -0.269 e. The Morgan fingerprint density at radius 1 is 1.25 bits per heavy atom. The van der Waals surface area contributed by atoms with Crippen LogP contribution in [0.1, 0.15) is 0 Å². The van der Waals surface area contributed by atoms with Gasteiger partial charge in [0.25, 0.3) is 6.08 Å². The van der Waals surface area contributed by atoms with Crippen LogP contribution in [0.15, 0.2) is 25.6 Å². The van der Waals surface area contributed by atoms with Gasteiger partial charge >= 0.3 is 0 Å². The van der Waals surface area contributed by atoms with Gasteiger partial charge in [0.15, 0.2) is 6.33 Å². The monoisotopic (exact) mass is 130 g/mol. The van der Waals surface area contributed by atoms with Crippen molar-refractivity contribution >= 4 is 0 Å². The van der Waals surface area contributed by atoms with Crippen molar-refractivity contribution in [2.75, 3.05) is 0 Å². The first-order valence-electron chi connectivity index (χ1n) is 1.38. The summed E-state index contributed by atoms with van der Waals surface area (Å²) in [6.07, 6.45) is -3.04. The minimum atomic E-state index is -2.29. The highest BCUT2D eigenvalue weighted by atomic mass is 19.3. The van der Waals surface area contributed by atoms with Crippen molar-refractivity contribution in [1.29, 1.82) is 0 Å². The second kappa shape index (κ2) is 16.4. The minimum absolute atomic E-state index is 0. The maximum absolute atomic E-state index is 10.2. The molecule has 0 unspecified atom stereocenters. The third-order valence-electron chi connectivity index (χ3n) is 0.0825. The van der Waals surface area contributed by atoms with Gasteiger partial charge in [0.1, 0.15) is 0 Å². The molecule has 8 heavy (non-hydrogen) atoms. The number of hydrogen-bond donors (Lipinski definition) is 0. The molecule has 0 aliphatic rings. The molecule has 4 heteroatoms. The molecule has 0 fully saturated rings. The van der Waals surface area contributed by atoms with Crippen LogP contribution in [-0.2, 0) is 0 Å². The maximum atomic E-state index is 10.2. The van der Waals surface area contributed by atoms with E-state index in [0.717, 1.165) is 0 Å². The average molecular weight is 130 g/mol. The molecule has 0 radical (unpaired) electrons. The second-order valence-electron chi connectivity index (χ2n) is 0.399. The lowest BCUT2D eigenvalue weighted by molar-refractivity contribution is 0.400. The Morgan fingerprint density at radius 3 is 1.38 bits per heavy atom. The van der Waals surface area contributed by atoms with Crippen LogP contribution in [-0.4, -0.2) is 0 Å². The molecule has 0 spiro atoms. The fourth-order valence-corrected chi connectivity index (χ4v) is 0. The zero-order chi connectivity index (χ0) is 6.28. The Bertz CT molecular complexity index is 55.1. The van der Waals surface area contributed by atoms with Gasteiger partial charge in [0.05, 0.1) is 0 Å².